The second-order valence-corrected chi connectivity index (χ2v) is 3.68. The number of aliphatic hydroxyl groups is 1. The highest BCUT2D eigenvalue weighted by molar-refractivity contribution is 5.82. The van der Waals surface area contributed by atoms with E-state index in [4.69, 9.17) is 15.6 Å². The first-order valence-corrected chi connectivity index (χ1v) is 5.29. The zero-order valence-corrected chi connectivity index (χ0v) is 9.84. The number of imidazole rings is 1. The highest BCUT2D eigenvalue weighted by Gasteiger charge is 2.12. The molecule has 0 amide bonds. The fourth-order valence-corrected chi connectivity index (χ4v) is 1.62. The highest BCUT2D eigenvalue weighted by atomic mass is 16.5. The third kappa shape index (κ3) is 2.20. The van der Waals surface area contributed by atoms with Crippen LogP contribution in [-0.4, -0.2) is 37.8 Å². The van der Waals surface area contributed by atoms with Crippen molar-refractivity contribution in [1.82, 2.24) is 19.5 Å². The summed E-state index contributed by atoms with van der Waals surface area (Å²) in [5.41, 5.74) is 7.03. The Morgan fingerprint density at radius 2 is 2.06 bits per heavy atom. The molecule has 0 saturated heterocycles. The molecule has 0 spiro atoms. The first kappa shape index (κ1) is 11.7. The van der Waals surface area contributed by atoms with Crippen LogP contribution in [0.4, 0.5) is 5.82 Å². The lowest BCUT2D eigenvalue weighted by molar-refractivity contribution is 0.0489. The molecule has 0 aliphatic heterocycles. The summed E-state index contributed by atoms with van der Waals surface area (Å²) in [6, 6.07) is 0. The van der Waals surface area contributed by atoms with Crippen LogP contribution in [0.25, 0.3) is 11.2 Å². The van der Waals surface area contributed by atoms with Gasteiger partial charge in [0.25, 0.3) is 0 Å². The monoisotopic (exact) mass is 237 g/mol. The summed E-state index contributed by atoms with van der Waals surface area (Å²) in [6.07, 6.45) is 0. The molecule has 2 heterocycles. The van der Waals surface area contributed by atoms with Gasteiger partial charge in [-0.05, 0) is 13.8 Å². The molecule has 17 heavy (non-hydrogen) atoms. The standard InChI is InChI=1S/C10H15N5O2/c1-6-12-9(11)8-10(13-6)15(7(2)14-8)5-17-4-3-16/h16H,3-5H2,1-2H3,(H2,11,12,13). The summed E-state index contributed by atoms with van der Waals surface area (Å²) in [4.78, 5) is 12.7. The van der Waals surface area contributed by atoms with Crippen molar-refractivity contribution >= 4 is 17.0 Å². The molecule has 0 atom stereocenters. The molecule has 0 aromatic carbocycles. The van der Waals surface area contributed by atoms with E-state index < -0.39 is 0 Å². The molecule has 0 aliphatic carbocycles. The number of hydrogen-bond donors (Lipinski definition) is 2. The number of nitrogens with two attached hydrogens (primary N) is 1. The topological polar surface area (TPSA) is 99.1 Å². The molecule has 0 saturated carbocycles. The van der Waals surface area contributed by atoms with E-state index in [1.54, 1.807) is 11.5 Å². The van der Waals surface area contributed by atoms with Gasteiger partial charge in [0.05, 0.1) is 13.2 Å². The van der Waals surface area contributed by atoms with Gasteiger partial charge in [-0.2, -0.15) is 0 Å². The lowest BCUT2D eigenvalue weighted by atomic mass is 10.5. The Morgan fingerprint density at radius 3 is 2.76 bits per heavy atom. The van der Waals surface area contributed by atoms with E-state index in [-0.39, 0.29) is 13.2 Å². The van der Waals surface area contributed by atoms with E-state index in [0.29, 0.717) is 29.5 Å². The van der Waals surface area contributed by atoms with Crippen LogP contribution in [0.1, 0.15) is 11.6 Å². The van der Waals surface area contributed by atoms with Crippen molar-refractivity contribution in [3.63, 3.8) is 0 Å². The molecule has 0 aliphatic rings. The Morgan fingerprint density at radius 1 is 1.29 bits per heavy atom. The van der Waals surface area contributed by atoms with Crippen LogP contribution in [0.15, 0.2) is 0 Å². The number of aryl methyl sites for hydroxylation is 2. The lowest BCUT2D eigenvalue weighted by Crippen LogP contribution is -2.08. The van der Waals surface area contributed by atoms with E-state index >= 15 is 0 Å². The summed E-state index contributed by atoms with van der Waals surface area (Å²) < 4.78 is 7.07. The molecule has 0 fully saturated rings. The van der Waals surface area contributed by atoms with Crippen LogP contribution in [0.2, 0.25) is 0 Å². The van der Waals surface area contributed by atoms with Gasteiger partial charge >= 0.3 is 0 Å². The van der Waals surface area contributed by atoms with Gasteiger partial charge in [0, 0.05) is 0 Å². The number of rotatable bonds is 4. The minimum Gasteiger partial charge on any atom is -0.394 e. The molecular formula is C10H15N5O2. The van der Waals surface area contributed by atoms with Gasteiger partial charge < -0.3 is 15.6 Å². The van der Waals surface area contributed by atoms with Gasteiger partial charge in [0.1, 0.15) is 18.4 Å². The van der Waals surface area contributed by atoms with Crippen molar-refractivity contribution in [3.8, 4) is 0 Å². The molecule has 2 aromatic heterocycles. The van der Waals surface area contributed by atoms with Crippen LogP contribution in [-0.2, 0) is 11.5 Å². The molecule has 7 nitrogen and oxygen atoms in total. The molecular weight excluding hydrogens is 222 g/mol. The quantitative estimate of drug-likeness (QED) is 0.726. The van der Waals surface area contributed by atoms with Crippen LogP contribution >= 0.6 is 0 Å². The predicted octanol–water partition coefficient (Wildman–Crippen LogP) is -0.00826. The number of nitrogens with zero attached hydrogens (tertiary/aromatic N) is 4. The summed E-state index contributed by atoms with van der Waals surface area (Å²) in [5.74, 6) is 1.72. The summed E-state index contributed by atoms with van der Waals surface area (Å²) in [5, 5.41) is 8.67. The summed E-state index contributed by atoms with van der Waals surface area (Å²) in [6.45, 7) is 4.18. The number of fused-ring (bicyclic) bond motifs is 1. The zero-order chi connectivity index (χ0) is 12.4. The van der Waals surface area contributed by atoms with Crippen molar-refractivity contribution in [3.05, 3.63) is 11.6 Å². The maximum absolute atomic E-state index is 8.67. The van der Waals surface area contributed by atoms with E-state index in [1.165, 1.54) is 0 Å². The number of aliphatic hydroxyl groups excluding tert-OH is 1. The number of nitrogen functional groups attached to an aromatic ring is 1. The average molecular weight is 237 g/mol. The Kier molecular flexibility index (Phi) is 3.21. The van der Waals surface area contributed by atoms with Crippen molar-refractivity contribution in [2.75, 3.05) is 18.9 Å². The summed E-state index contributed by atoms with van der Waals surface area (Å²) >= 11 is 0. The Labute approximate surface area is 98.3 Å². The Bertz CT molecular complexity index is 537. The zero-order valence-electron chi connectivity index (χ0n) is 9.84. The first-order valence-electron chi connectivity index (χ1n) is 5.29. The molecule has 2 rings (SSSR count). The van der Waals surface area contributed by atoms with Gasteiger partial charge in [-0.3, -0.25) is 4.57 Å². The van der Waals surface area contributed by atoms with Gasteiger partial charge in [-0.1, -0.05) is 0 Å². The van der Waals surface area contributed by atoms with Gasteiger partial charge in [-0.15, -0.1) is 0 Å². The molecule has 0 bridgehead atoms. The van der Waals surface area contributed by atoms with E-state index in [0.717, 1.165) is 5.82 Å². The fourth-order valence-electron chi connectivity index (χ4n) is 1.62. The maximum atomic E-state index is 8.67. The Hall–Kier alpha value is -1.73. The predicted molar refractivity (Wildman–Crippen MR) is 62.2 cm³/mol. The molecule has 0 radical (unpaired) electrons. The van der Waals surface area contributed by atoms with E-state index in [2.05, 4.69) is 15.0 Å². The van der Waals surface area contributed by atoms with E-state index in [9.17, 15) is 0 Å². The second-order valence-electron chi connectivity index (χ2n) is 3.68. The number of hydrogen-bond acceptors (Lipinski definition) is 6. The van der Waals surface area contributed by atoms with Crippen LogP contribution in [0.5, 0.6) is 0 Å². The van der Waals surface area contributed by atoms with E-state index in [1.807, 2.05) is 6.92 Å². The van der Waals surface area contributed by atoms with Crippen LogP contribution in [0, 0.1) is 13.8 Å². The van der Waals surface area contributed by atoms with Crippen LogP contribution < -0.4 is 5.73 Å². The molecule has 0 unspecified atom stereocenters. The molecule has 2 aromatic rings. The van der Waals surface area contributed by atoms with Crippen molar-refractivity contribution in [1.29, 1.82) is 0 Å². The molecule has 3 N–H and O–H groups in total. The van der Waals surface area contributed by atoms with Gasteiger partial charge in [0.2, 0.25) is 0 Å². The van der Waals surface area contributed by atoms with Crippen molar-refractivity contribution in [2.24, 2.45) is 0 Å². The largest absolute Gasteiger partial charge is 0.394 e. The minimum atomic E-state index is -0.0121. The second kappa shape index (κ2) is 4.64. The average Bonchev–Trinajstić information content (AvgIpc) is 2.57. The first-order chi connectivity index (χ1) is 8.13. The van der Waals surface area contributed by atoms with Gasteiger partial charge in [-0.25, -0.2) is 15.0 Å². The third-order valence-corrected chi connectivity index (χ3v) is 2.38. The smallest absolute Gasteiger partial charge is 0.167 e. The Balaban J connectivity index is 2.43. The third-order valence-electron chi connectivity index (χ3n) is 2.38. The van der Waals surface area contributed by atoms with Crippen molar-refractivity contribution in [2.45, 2.75) is 20.6 Å². The molecule has 7 heteroatoms. The molecule has 92 valence electrons. The SMILES string of the molecule is Cc1nc(N)c2nc(C)n(COCCO)c2n1. The van der Waals surface area contributed by atoms with Crippen molar-refractivity contribution < 1.29 is 9.84 Å². The normalized spacial score (nSPS) is 11.2. The lowest BCUT2D eigenvalue weighted by Gasteiger charge is -2.06. The minimum absolute atomic E-state index is 0.0121. The number of anilines is 1. The van der Waals surface area contributed by atoms with Gasteiger partial charge in [0.15, 0.2) is 17.0 Å². The highest BCUT2D eigenvalue weighted by Crippen LogP contribution is 2.18. The van der Waals surface area contributed by atoms with Crippen LogP contribution in [0.3, 0.4) is 0 Å². The number of ether oxygens (including phenoxy) is 1. The fraction of sp³-hybridized carbons (Fsp3) is 0.500. The number of aromatic nitrogens is 4. The maximum Gasteiger partial charge on any atom is 0.167 e. The summed E-state index contributed by atoms with van der Waals surface area (Å²) in [7, 11) is 0.